The number of rotatable bonds is 5. The van der Waals surface area contributed by atoms with Crippen LogP contribution in [0.15, 0.2) is 24.3 Å². The summed E-state index contributed by atoms with van der Waals surface area (Å²) in [5.41, 5.74) is 1.28. The first-order chi connectivity index (χ1) is 7.79. The van der Waals surface area contributed by atoms with Crippen LogP contribution in [0.4, 0.5) is 0 Å². The summed E-state index contributed by atoms with van der Waals surface area (Å²) in [5.74, 6) is 0.344. The van der Waals surface area contributed by atoms with Gasteiger partial charge in [-0.2, -0.15) is 0 Å². The molecule has 1 fully saturated rings. The summed E-state index contributed by atoms with van der Waals surface area (Å²) in [6.07, 6.45) is 1.19. The zero-order valence-corrected chi connectivity index (χ0v) is 9.82. The van der Waals surface area contributed by atoms with Crippen molar-refractivity contribution in [3.8, 4) is 5.75 Å². The maximum absolute atomic E-state index is 9.24. The van der Waals surface area contributed by atoms with Gasteiger partial charge in [-0.15, -0.1) is 0 Å². The van der Waals surface area contributed by atoms with Crippen molar-refractivity contribution in [2.24, 2.45) is 0 Å². The number of nitrogens with zero attached hydrogens (tertiary/aromatic N) is 1. The summed E-state index contributed by atoms with van der Waals surface area (Å²) < 4.78 is 0. The van der Waals surface area contributed by atoms with E-state index in [9.17, 15) is 5.11 Å². The van der Waals surface area contributed by atoms with Crippen molar-refractivity contribution in [3.05, 3.63) is 29.8 Å². The van der Waals surface area contributed by atoms with Gasteiger partial charge in [0.25, 0.3) is 0 Å². The second kappa shape index (κ2) is 5.32. The molecule has 0 saturated carbocycles. The van der Waals surface area contributed by atoms with Gasteiger partial charge < -0.3 is 10.4 Å². The van der Waals surface area contributed by atoms with Crippen LogP contribution in [0.5, 0.6) is 5.75 Å². The lowest BCUT2D eigenvalue weighted by Crippen LogP contribution is -2.56. The highest BCUT2D eigenvalue weighted by molar-refractivity contribution is 5.25. The molecular weight excluding hydrogens is 200 g/mol. The van der Waals surface area contributed by atoms with E-state index in [1.165, 1.54) is 12.0 Å². The molecule has 1 heterocycles. The molecule has 1 aromatic carbocycles. The highest BCUT2D eigenvalue weighted by Crippen LogP contribution is 2.15. The quantitative estimate of drug-likeness (QED) is 0.791. The van der Waals surface area contributed by atoms with Gasteiger partial charge in [0.1, 0.15) is 5.75 Å². The van der Waals surface area contributed by atoms with E-state index in [0.717, 1.165) is 26.2 Å². The van der Waals surface area contributed by atoms with Crippen LogP contribution < -0.4 is 5.32 Å². The number of nitrogens with one attached hydrogen (secondary N) is 1. The molecule has 0 radical (unpaired) electrons. The molecule has 3 heteroatoms. The van der Waals surface area contributed by atoms with E-state index in [4.69, 9.17) is 0 Å². The summed E-state index contributed by atoms with van der Waals surface area (Å²) in [5, 5.41) is 12.6. The van der Waals surface area contributed by atoms with E-state index in [1.54, 1.807) is 12.1 Å². The van der Waals surface area contributed by atoms with Gasteiger partial charge in [0, 0.05) is 25.7 Å². The molecule has 0 amide bonds. The molecule has 0 bridgehead atoms. The maximum Gasteiger partial charge on any atom is 0.115 e. The van der Waals surface area contributed by atoms with E-state index in [-0.39, 0.29) is 0 Å². The lowest BCUT2D eigenvalue weighted by Gasteiger charge is -2.38. The van der Waals surface area contributed by atoms with Crippen molar-refractivity contribution in [2.75, 3.05) is 19.6 Å². The van der Waals surface area contributed by atoms with Gasteiger partial charge in [0.2, 0.25) is 0 Å². The van der Waals surface area contributed by atoms with E-state index < -0.39 is 0 Å². The molecule has 16 heavy (non-hydrogen) atoms. The Morgan fingerprint density at radius 2 is 2.00 bits per heavy atom. The van der Waals surface area contributed by atoms with Crippen LogP contribution in [0.25, 0.3) is 0 Å². The predicted octanol–water partition coefficient (Wildman–Crippen LogP) is 1.58. The number of hydrogen-bond acceptors (Lipinski definition) is 3. The lowest BCUT2D eigenvalue weighted by atomic mass is 10.1. The summed E-state index contributed by atoms with van der Waals surface area (Å²) in [4.78, 5) is 2.52. The van der Waals surface area contributed by atoms with Crippen LogP contribution in [0.1, 0.15) is 18.9 Å². The van der Waals surface area contributed by atoms with E-state index in [2.05, 4.69) is 17.1 Å². The molecule has 88 valence electrons. The number of phenolic OH excluding ortho intramolecular Hbond substituents is 1. The Balaban J connectivity index is 1.96. The molecular formula is C13H20N2O. The van der Waals surface area contributed by atoms with E-state index in [0.29, 0.717) is 11.8 Å². The van der Waals surface area contributed by atoms with Gasteiger partial charge >= 0.3 is 0 Å². The topological polar surface area (TPSA) is 35.5 Å². The van der Waals surface area contributed by atoms with Gasteiger partial charge in [0.15, 0.2) is 0 Å². The highest BCUT2D eigenvalue weighted by atomic mass is 16.3. The third kappa shape index (κ3) is 2.74. The molecule has 1 aliphatic heterocycles. The third-order valence-electron chi connectivity index (χ3n) is 3.11. The van der Waals surface area contributed by atoms with E-state index >= 15 is 0 Å². The fraction of sp³-hybridized carbons (Fsp3) is 0.538. The molecule has 0 aromatic heterocycles. The summed E-state index contributed by atoms with van der Waals surface area (Å²) in [6, 6.07) is 8.22. The molecule has 2 N–H and O–H groups in total. The lowest BCUT2D eigenvalue weighted by molar-refractivity contribution is 0.138. The Morgan fingerprint density at radius 1 is 1.31 bits per heavy atom. The Bertz CT molecular complexity index is 319. The standard InChI is InChI=1S/C13H20N2O/c1-2-7-15(12-8-14-9-12)10-11-3-5-13(16)6-4-11/h3-6,12,14,16H,2,7-10H2,1H3. The molecule has 0 spiro atoms. The molecule has 1 aromatic rings. The molecule has 3 nitrogen and oxygen atoms in total. The van der Waals surface area contributed by atoms with Gasteiger partial charge in [-0.1, -0.05) is 19.1 Å². The Kier molecular flexibility index (Phi) is 3.80. The molecule has 0 unspecified atom stereocenters. The zero-order valence-electron chi connectivity index (χ0n) is 9.82. The van der Waals surface area contributed by atoms with Crippen LogP contribution in [-0.4, -0.2) is 35.7 Å². The smallest absolute Gasteiger partial charge is 0.115 e. The van der Waals surface area contributed by atoms with Gasteiger partial charge in [0.05, 0.1) is 0 Å². The second-order valence-electron chi connectivity index (χ2n) is 4.45. The average molecular weight is 220 g/mol. The highest BCUT2D eigenvalue weighted by Gasteiger charge is 2.23. The van der Waals surface area contributed by atoms with Crippen molar-refractivity contribution in [1.82, 2.24) is 10.2 Å². The fourth-order valence-electron chi connectivity index (χ4n) is 2.05. The zero-order chi connectivity index (χ0) is 11.4. The Hall–Kier alpha value is -1.06. The van der Waals surface area contributed by atoms with Gasteiger partial charge in [-0.05, 0) is 30.7 Å². The van der Waals surface area contributed by atoms with Crippen molar-refractivity contribution in [2.45, 2.75) is 25.9 Å². The number of phenols is 1. The van der Waals surface area contributed by atoms with Gasteiger partial charge in [-0.25, -0.2) is 0 Å². The minimum absolute atomic E-state index is 0.344. The minimum atomic E-state index is 0.344. The monoisotopic (exact) mass is 220 g/mol. The van der Waals surface area contributed by atoms with Crippen molar-refractivity contribution in [1.29, 1.82) is 0 Å². The molecule has 2 rings (SSSR count). The van der Waals surface area contributed by atoms with Crippen LogP contribution in [0, 0.1) is 0 Å². The molecule has 1 aliphatic rings. The van der Waals surface area contributed by atoms with Crippen molar-refractivity contribution in [3.63, 3.8) is 0 Å². The predicted molar refractivity (Wildman–Crippen MR) is 65.5 cm³/mol. The van der Waals surface area contributed by atoms with Gasteiger partial charge in [-0.3, -0.25) is 4.90 Å². The second-order valence-corrected chi connectivity index (χ2v) is 4.45. The number of aromatic hydroxyl groups is 1. The molecule has 0 atom stereocenters. The first-order valence-electron chi connectivity index (χ1n) is 6.02. The molecule has 1 saturated heterocycles. The normalized spacial score (nSPS) is 16.4. The first kappa shape index (κ1) is 11.4. The maximum atomic E-state index is 9.24. The average Bonchev–Trinajstić information content (AvgIpc) is 2.19. The fourth-order valence-corrected chi connectivity index (χ4v) is 2.05. The molecule has 0 aliphatic carbocycles. The number of benzene rings is 1. The summed E-state index contributed by atoms with van der Waals surface area (Å²) in [6.45, 7) is 6.57. The van der Waals surface area contributed by atoms with Crippen molar-refractivity contribution < 1.29 is 5.11 Å². The number of hydrogen-bond donors (Lipinski definition) is 2. The Labute approximate surface area is 97.1 Å². The van der Waals surface area contributed by atoms with Crippen LogP contribution in [0.3, 0.4) is 0 Å². The SMILES string of the molecule is CCCN(Cc1ccc(O)cc1)C1CNC1. The van der Waals surface area contributed by atoms with Crippen LogP contribution in [0.2, 0.25) is 0 Å². The largest absolute Gasteiger partial charge is 0.508 e. The minimum Gasteiger partial charge on any atom is -0.508 e. The summed E-state index contributed by atoms with van der Waals surface area (Å²) >= 11 is 0. The van der Waals surface area contributed by atoms with Crippen LogP contribution >= 0.6 is 0 Å². The van der Waals surface area contributed by atoms with Crippen LogP contribution in [-0.2, 0) is 6.54 Å². The first-order valence-corrected chi connectivity index (χ1v) is 6.02. The summed E-state index contributed by atoms with van der Waals surface area (Å²) in [7, 11) is 0. The third-order valence-corrected chi connectivity index (χ3v) is 3.11. The van der Waals surface area contributed by atoms with Crippen molar-refractivity contribution >= 4 is 0 Å². The van der Waals surface area contributed by atoms with E-state index in [1.807, 2.05) is 12.1 Å². The Morgan fingerprint density at radius 3 is 2.50 bits per heavy atom.